The molecule has 2 rings (SSSR count). The van der Waals surface area contributed by atoms with Gasteiger partial charge in [-0.25, -0.2) is 0 Å². The normalized spacial score (nSPS) is 10.3. The molecule has 0 aliphatic carbocycles. The lowest BCUT2D eigenvalue weighted by Gasteiger charge is -2.07. The zero-order valence-electron chi connectivity index (χ0n) is 10.7. The molecule has 2 N–H and O–H groups in total. The summed E-state index contributed by atoms with van der Waals surface area (Å²) in [4.78, 5) is 24.4. The summed E-state index contributed by atoms with van der Waals surface area (Å²) in [5, 5.41) is 5.56. The van der Waals surface area contributed by atoms with Gasteiger partial charge in [0.15, 0.2) is 0 Å². The third kappa shape index (κ3) is 3.85. The van der Waals surface area contributed by atoms with E-state index in [1.54, 1.807) is 18.2 Å². The van der Waals surface area contributed by atoms with E-state index in [4.69, 9.17) is 11.6 Å². The summed E-state index contributed by atoms with van der Waals surface area (Å²) in [5.74, 6) is -0.561. The molecule has 0 fully saturated rings. The summed E-state index contributed by atoms with van der Waals surface area (Å²) in [6.45, 7) is 0. The van der Waals surface area contributed by atoms with Crippen LogP contribution >= 0.6 is 54.8 Å². The Kier molecular flexibility index (Phi) is 5.43. The van der Waals surface area contributed by atoms with E-state index in [1.165, 1.54) is 24.5 Å². The summed E-state index contributed by atoms with van der Waals surface area (Å²) in [6.07, 6.45) is 0. The Labute approximate surface area is 147 Å². The van der Waals surface area contributed by atoms with Crippen molar-refractivity contribution in [2.24, 2.45) is 0 Å². The number of rotatable bonds is 3. The summed E-state index contributed by atoms with van der Waals surface area (Å²) >= 11 is 13.9. The standard InChI is InChI=1S/C13H9Br2ClN2O2S/c1-17-12(19)7-4-6(2-3-9(7)16)18-13(20)10-5-8(14)11(15)21-10/h2-5H,1H3,(H,17,19)(H,18,20). The van der Waals surface area contributed by atoms with Gasteiger partial charge in [0.1, 0.15) is 0 Å². The second-order valence-electron chi connectivity index (χ2n) is 3.96. The molecule has 0 bridgehead atoms. The fourth-order valence-electron chi connectivity index (χ4n) is 1.56. The number of anilines is 1. The van der Waals surface area contributed by atoms with Crippen LogP contribution in [-0.2, 0) is 0 Å². The van der Waals surface area contributed by atoms with Gasteiger partial charge in [-0.3, -0.25) is 9.59 Å². The average molecular weight is 453 g/mol. The monoisotopic (exact) mass is 450 g/mol. The smallest absolute Gasteiger partial charge is 0.265 e. The number of halogens is 3. The van der Waals surface area contributed by atoms with Crippen molar-refractivity contribution in [2.75, 3.05) is 12.4 Å². The predicted octanol–water partition coefficient (Wildman–Crippen LogP) is 4.54. The van der Waals surface area contributed by atoms with E-state index < -0.39 is 0 Å². The van der Waals surface area contributed by atoms with Crippen molar-refractivity contribution >= 4 is 72.3 Å². The van der Waals surface area contributed by atoms with Gasteiger partial charge in [-0.05, 0) is 56.1 Å². The fraction of sp³-hybridized carbons (Fsp3) is 0.0769. The van der Waals surface area contributed by atoms with Crippen molar-refractivity contribution in [3.8, 4) is 0 Å². The van der Waals surface area contributed by atoms with Gasteiger partial charge in [-0.2, -0.15) is 0 Å². The first-order valence-corrected chi connectivity index (χ1v) is 8.48. The second kappa shape index (κ2) is 6.91. The van der Waals surface area contributed by atoms with Gasteiger partial charge >= 0.3 is 0 Å². The summed E-state index contributed by atoms with van der Waals surface area (Å²) in [6, 6.07) is 6.47. The Morgan fingerprint density at radius 2 is 1.90 bits per heavy atom. The zero-order valence-corrected chi connectivity index (χ0v) is 15.4. The molecule has 4 nitrogen and oxygen atoms in total. The highest BCUT2D eigenvalue weighted by molar-refractivity contribution is 9.13. The second-order valence-corrected chi connectivity index (χ2v) is 7.59. The molecule has 2 aromatic rings. The Balaban J connectivity index is 2.23. The molecule has 8 heteroatoms. The quantitative estimate of drug-likeness (QED) is 0.719. The van der Waals surface area contributed by atoms with E-state index >= 15 is 0 Å². The van der Waals surface area contributed by atoms with Gasteiger partial charge in [0.25, 0.3) is 11.8 Å². The minimum atomic E-state index is -0.308. The van der Waals surface area contributed by atoms with E-state index in [1.807, 2.05) is 0 Å². The maximum atomic E-state index is 12.1. The number of thiophene rings is 1. The predicted molar refractivity (Wildman–Crippen MR) is 92.5 cm³/mol. The first-order valence-electron chi connectivity index (χ1n) is 5.70. The lowest BCUT2D eigenvalue weighted by Crippen LogP contribution is -2.19. The molecule has 0 saturated carbocycles. The van der Waals surface area contributed by atoms with E-state index in [0.717, 1.165) is 8.26 Å². The molecule has 0 spiro atoms. The molecule has 1 heterocycles. The molecule has 1 aromatic carbocycles. The van der Waals surface area contributed by atoms with Gasteiger partial charge in [-0.15, -0.1) is 11.3 Å². The number of amides is 2. The highest BCUT2D eigenvalue weighted by atomic mass is 79.9. The Morgan fingerprint density at radius 1 is 1.19 bits per heavy atom. The molecule has 0 aliphatic heterocycles. The average Bonchev–Trinajstić information content (AvgIpc) is 2.80. The Morgan fingerprint density at radius 3 is 2.48 bits per heavy atom. The Hall–Kier alpha value is -0.890. The van der Waals surface area contributed by atoms with Crippen molar-refractivity contribution in [1.82, 2.24) is 5.32 Å². The lowest BCUT2D eigenvalue weighted by molar-refractivity contribution is 0.0961. The number of benzene rings is 1. The highest BCUT2D eigenvalue weighted by Gasteiger charge is 2.14. The third-order valence-corrected chi connectivity index (χ3v) is 6.15. The van der Waals surface area contributed by atoms with Crippen LogP contribution in [0.4, 0.5) is 5.69 Å². The molecule has 0 atom stereocenters. The molecule has 0 radical (unpaired) electrons. The first kappa shape index (κ1) is 16.5. The van der Waals surface area contributed by atoms with Crippen LogP contribution in [0.5, 0.6) is 0 Å². The van der Waals surface area contributed by atoms with Crippen LogP contribution in [0.2, 0.25) is 5.02 Å². The Bertz CT molecular complexity index is 699. The number of nitrogens with one attached hydrogen (secondary N) is 2. The summed E-state index contributed by atoms with van der Waals surface area (Å²) < 4.78 is 1.66. The first-order chi connectivity index (χ1) is 9.92. The summed E-state index contributed by atoms with van der Waals surface area (Å²) in [7, 11) is 1.52. The molecule has 0 unspecified atom stereocenters. The molecular weight excluding hydrogens is 443 g/mol. The molecule has 2 amide bonds. The third-order valence-electron chi connectivity index (χ3n) is 2.56. The van der Waals surface area contributed by atoms with Crippen LogP contribution in [-0.4, -0.2) is 18.9 Å². The van der Waals surface area contributed by atoms with Crippen LogP contribution in [0, 0.1) is 0 Å². The number of carbonyl (C=O) groups is 2. The van der Waals surface area contributed by atoms with Crippen LogP contribution in [0.3, 0.4) is 0 Å². The maximum absolute atomic E-state index is 12.1. The van der Waals surface area contributed by atoms with Crippen LogP contribution < -0.4 is 10.6 Å². The molecule has 1 aromatic heterocycles. The maximum Gasteiger partial charge on any atom is 0.265 e. The van der Waals surface area contributed by atoms with Gasteiger partial charge in [-0.1, -0.05) is 11.6 Å². The van der Waals surface area contributed by atoms with Gasteiger partial charge in [0.05, 0.1) is 19.2 Å². The minimum absolute atomic E-state index is 0.253. The van der Waals surface area contributed by atoms with Crippen LogP contribution in [0.1, 0.15) is 20.0 Å². The fourth-order valence-corrected chi connectivity index (χ4v) is 3.70. The van der Waals surface area contributed by atoms with E-state index in [0.29, 0.717) is 21.2 Å². The van der Waals surface area contributed by atoms with Gasteiger partial charge in [0.2, 0.25) is 0 Å². The van der Waals surface area contributed by atoms with Crippen molar-refractivity contribution < 1.29 is 9.59 Å². The van der Waals surface area contributed by atoms with Gasteiger partial charge in [0, 0.05) is 17.2 Å². The van der Waals surface area contributed by atoms with Crippen molar-refractivity contribution in [1.29, 1.82) is 0 Å². The SMILES string of the molecule is CNC(=O)c1cc(NC(=O)c2cc(Br)c(Br)s2)ccc1Cl. The molecular formula is C13H9Br2ClN2O2S. The molecule has 110 valence electrons. The largest absolute Gasteiger partial charge is 0.355 e. The van der Waals surface area contributed by atoms with E-state index in [2.05, 4.69) is 42.5 Å². The number of carbonyl (C=O) groups excluding carboxylic acids is 2. The van der Waals surface area contributed by atoms with E-state index in [9.17, 15) is 9.59 Å². The minimum Gasteiger partial charge on any atom is -0.355 e. The van der Waals surface area contributed by atoms with E-state index in [-0.39, 0.29) is 11.8 Å². The number of hydrogen-bond donors (Lipinski definition) is 2. The topological polar surface area (TPSA) is 58.2 Å². The zero-order chi connectivity index (χ0) is 15.6. The van der Waals surface area contributed by atoms with Crippen molar-refractivity contribution in [3.05, 3.63) is 48.0 Å². The van der Waals surface area contributed by atoms with Crippen LogP contribution in [0.15, 0.2) is 32.5 Å². The van der Waals surface area contributed by atoms with Crippen molar-refractivity contribution in [3.63, 3.8) is 0 Å². The lowest BCUT2D eigenvalue weighted by atomic mass is 10.2. The van der Waals surface area contributed by atoms with Gasteiger partial charge < -0.3 is 10.6 Å². The highest BCUT2D eigenvalue weighted by Crippen LogP contribution is 2.32. The molecule has 0 saturated heterocycles. The van der Waals surface area contributed by atoms with Crippen molar-refractivity contribution in [2.45, 2.75) is 0 Å². The molecule has 0 aliphatic rings. The summed E-state index contributed by atoms with van der Waals surface area (Å²) in [5.41, 5.74) is 0.814. The number of hydrogen-bond acceptors (Lipinski definition) is 3. The van der Waals surface area contributed by atoms with Crippen LogP contribution in [0.25, 0.3) is 0 Å². The molecule has 21 heavy (non-hydrogen) atoms.